The minimum Gasteiger partial charge on any atom is -0.311 e. The Bertz CT molecular complexity index is 312. The van der Waals surface area contributed by atoms with Gasteiger partial charge in [0.25, 0.3) is 0 Å². The van der Waals surface area contributed by atoms with Crippen LogP contribution in [0.1, 0.15) is 52.9 Å². The maximum absolute atomic E-state index is 5.68. The smallest absolute Gasteiger partial charge is 0.0686 e. The van der Waals surface area contributed by atoms with E-state index in [9.17, 15) is 0 Å². The molecule has 2 fully saturated rings. The molecule has 1 N–H and O–H groups in total. The van der Waals surface area contributed by atoms with Gasteiger partial charge in [-0.05, 0) is 31.6 Å². The van der Waals surface area contributed by atoms with E-state index >= 15 is 0 Å². The van der Waals surface area contributed by atoms with Crippen molar-refractivity contribution < 1.29 is 0 Å². The predicted molar refractivity (Wildman–Crippen MR) is 82.0 cm³/mol. The fraction of sp³-hybridized carbons (Fsp3) is 0.882. The molecule has 1 saturated heterocycles. The highest BCUT2D eigenvalue weighted by Gasteiger charge is 2.35. The van der Waals surface area contributed by atoms with Crippen LogP contribution in [0.2, 0.25) is 0 Å². The highest BCUT2D eigenvalue weighted by atomic mass is 15.3. The second-order valence-corrected chi connectivity index (χ2v) is 6.76. The molecule has 108 valence electrons. The lowest BCUT2D eigenvalue weighted by atomic mass is 9.82. The molecule has 3 atom stereocenters. The second kappa shape index (κ2) is 6.77. The van der Waals surface area contributed by atoms with Gasteiger partial charge in [0.15, 0.2) is 0 Å². The molecule has 0 aromatic heterocycles. The van der Waals surface area contributed by atoms with E-state index in [4.69, 9.17) is 6.42 Å². The van der Waals surface area contributed by atoms with Crippen LogP contribution in [-0.2, 0) is 0 Å². The minimum absolute atomic E-state index is 0.264. The topological polar surface area (TPSA) is 15.3 Å². The minimum atomic E-state index is 0.264. The van der Waals surface area contributed by atoms with Crippen molar-refractivity contribution in [2.75, 3.05) is 13.1 Å². The lowest BCUT2D eigenvalue weighted by Crippen LogP contribution is -2.62. The third-order valence-electron chi connectivity index (χ3n) is 5.15. The average Bonchev–Trinajstić information content (AvgIpc) is 2.46. The lowest BCUT2D eigenvalue weighted by molar-refractivity contribution is 0.0589. The van der Waals surface area contributed by atoms with E-state index < -0.39 is 0 Å². The van der Waals surface area contributed by atoms with Gasteiger partial charge >= 0.3 is 0 Å². The van der Waals surface area contributed by atoms with Gasteiger partial charge in [0, 0.05) is 25.2 Å². The summed E-state index contributed by atoms with van der Waals surface area (Å²) in [6, 6.07) is 1.51. The fourth-order valence-corrected chi connectivity index (χ4v) is 3.83. The Labute approximate surface area is 119 Å². The van der Waals surface area contributed by atoms with Crippen molar-refractivity contribution in [3.05, 3.63) is 0 Å². The van der Waals surface area contributed by atoms with Gasteiger partial charge in [0.1, 0.15) is 0 Å². The summed E-state index contributed by atoms with van der Waals surface area (Å²) in [5, 5.41) is 3.82. The molecule has 0 aromatic carbocycles. The maximum atomic E-state index is 5.68. The Morgan fingerprint density at radius 3 is 2.42 bits per heavy atom. The zero-order valence-electron chi connectivity index (χ0n) is 12.9. The van der Waals surface area contributed by atoms with Crippen LogP contribution >= 0.6 is 0 Å². The first kappa shape index (κ1) is 14.9. The largest absolute Gasteiger partial charge is 0.311 e. The van der Waals surface area contributed by atoms with E-state index in [-0.39, 0.29) is 6.04 Å². The number of hydrogen-bond donors (Lipinski definition) is 1. The zero-order valence-corrected chi connectivity index (χ0v) is 12.9. The van der Waals surface area contributed by atoms with Gasteiger partial charge in [0.2, 0.25) is 0 Å². The van der Waals surface area contributed by atoms with E-state index in [1.54, 1.807) is 0 Å². The van der Waals surface area contributed by atoms with Gasteiger partial charge < -0.3 is 5.32 Å². The van der Waals surface area contributed by atoms with Crippen molar-refractivity contribution in [1.29, 1.82) is 0 Å². The monoisotopic (exact) mass is 262 g/mol. The van der Waals surface area contributed by atoms with Gasteiger partial charge in [0.05, 0.1) is 6.04 Å². The van der Waals surface area contributed by atoms with Crippen molar-refractivity contribution in [2.24, 2.45) is 11.8 Å². The molecule has 3 unspecified atom stereocenters. The first-order valence-corrected chi connectivity index (χ1v) is 8.08. The molecule has 2 rings (SSSR count). The molecule has 19 heavy (non-hydrogen) atoms. The van der Waals surface area contributed by atoms with Crippen molar-refractivity contribution in [3.63, 3.8) is 0 Å². The molecule has 0 radical (unpaired) electrons. The third kappa shape index (κ3) is 3.52. The summed E-state index contributed by atoms with van der Waals surface area (Å²) < 4.78 is 0. The number of terminal acetylenes is 1. The standard InChI is InChI=1S/C17H30N2/c1-5-14(4)19-12-16(15-9-7-6-8-10-15)18-11-17(19)13(2)3/h1,13-18H,6-12H2,2-4H3. The number of rotatable bonds is 3. The number of nitrogens with zero attached hydrogens (tertiary/aromatic N) is 1. The number of nitrogens with one attached hydrogen (secondary N) is 1. The molecule has 1 heterocycles. The lowest BCUT2D eigenvalue weighted by Gasteiger charge is -2.46. The van der Waals surface area contributed by atoms with Gasteiger partial charge in [-0.25, -0.2) is 0 Å². The summed E-state index contributed by atoms with van der Waals surface area (Å²) in [7, 11) is 0. The van der Waals surface area contributed by atoms with Crippen LogP contribution < -0.4 is 5.32 Å². The average molecular weight is 262 g/mol. The van der Waals surface area contributed by atoms with Crippen LogP contribution in [0.15, 0.2) is 0 Å². The molecule has 2 heteroatoms. The van der Waals surface area contributed by atoms with E-state index in [0.717, 1.165) is 19.0 Å². The molecule has 0 bridgehead atoms. The fourth-order valence-electron chi connectivity index (χ4n) is 3.83. The van der Waals surface area contributed by atoms with E-state index in [1.807, 2.05) is 0 Å². The molecule has 2 aliphatic rings. The number of piperazine rings is 1. The Kier molecular flexibility index (Phi) is 5.30. The normalized spacial score (nSPS) is 32.2. The van der Waals surface area contributed by atoms with Gasteiger partial charge in [-0.2, -0.15) is 0 Å². The number of hydrogen-bond acceptors (Lipinski definition) is 2. The highest BCUT2D eigenvalue weighted by Crippen LogP contribution is 2.29. The molecule has 1 saturated carbocycles. The van der Waals surface area contributed by atoms with Crippen LogP contribution in [0.4, 0.5) is 0 Å². The van der Waals surface area contributed by atoms with Crippen molar-refractivity contribution in [1.82, 2.24) is 10.2 Å². The zero-order chi connectivity index (χ0) is 13.8. The molecule has 1 aliphatic carbocycles. The summed E-state index contributed by atoms with van der Waals surface area (Å²) >= 11 is 0. The third-order valence-corrected chi connectivity index (χ3v) is 5.15. The van der Waals surface area contributed by atoms with Gasteiger partial charge in [-0.1, -0.05) is 39.0 Å². The predicted octanol–water partition coefficient (Wildman–Crippen LogP) is 2.89. The van der Waals surface area contributed by atoms with Crippen molar-refractivity contribution in [2.45, 2.75) is 71.0 Å². The molecular formula is C17H30N2. The van der Waals surface area contributed by atoms with Crippen LogP contribution in [0.3, 0.4) is 0 Å². The molecule has 0 amide bonds. The Morgan fingerprint density at radius 2 is 1.84 bits per heavy atom. The molecule has 0 spiro atoms. The summed E-state index contributed by atoms with van der Waals surface area (Å²) in [4.78, 5) is 2.57. The summed E-state index contributed by atoms with van der Waals surface area (Å²) in [5.41, 5.74) is 0. The molecule has 2 nitrogen and oxygen atoms in total. The molecular weight excluding hydrogens is 232 g/mol. The first-order chi connectivity index (χ1) is 9.13. The van der Waals surface area contributed by atoms with Crippen LogP contribution in [0.5, 0.6) is 0 Å². The summed E-state index contributed by atoms with van der Waals surface area (Å²) in [6.07, 6.45) is 12.8. The van der Waals surface area contributed by atoms with Gasteiger partial charge in [-0.15, -0.1) is 6.42 Å². The highest BCUT2D eigenvalue weighted by molar-refractivity contribution is 5.03. The van der Waals surface area contributed by atoms with Crippen LogP contribution in [-0.4, -0.2) is 36.1 Å². The van der Waals surface area contributed by atoms with Crippen LogP contribution in [0.25, 0.3) is 0 Å². The van der Waals surface area contributed by atoms with E-state index in [1.165, 1.54) is 32.1 Å². The van der Waals surface area contributed by atoms with Gasteiger partial charge in [-0.3, -0.25) is 4.90 Å². The quantitative estimate of drug-likeness (QED) is 0.787. The second-order valence-electron chi connectivity index (χ2n) is 6.76. The Hall–Kier alpha value is -0.520. The Balaban J connectivity index is 2.01. The molecule has 0 aromatic rings. The van der Waals surface area contributed by atoms with E-state index in [2.05, 4.69) is 36.9 Å². The maximum Gasteiger partial charge on any atom is 0.0686 e. The Morgan fingerprint density at radius 1 is 1.16 bits per heavy atom. The summed E-state index contributed by atoms with van der Waals surface area (Å²) in [6.45, 7) is 9.04. The summed E-state index contributed by atoms with van der Waals surface area (Å²) in [5.74, 6) is 4.47. The van der Waals surface area contributed by atoms with Crippen LogP contribution in [0, 0.1) is 24.2 Å². The van der Waals surface area contributed by atoms with E-state index in [0.29, 0.717) is 18.0 Å². The van der Waals surface area contributed by atoms with Crippen molar-refractivity contribution >= 4 is 0 Å². The SMILES string of the molecule is C#CC(C)N1CC(C2CCCCC2)NCC1C(C)C. The molecule has 1 aliphatic heterocycles. The van der Waals surface area contributed by atoms with Crippen molar-refractivity contribution in [3.8, 4) is 12.3 Å². The first-order valence-electron chi connectivity index (χ1n) is 8.08.